The number of halogens is 1. The Balaban J connectivity index is 1.64. The fourth-order valence-electron chi connectivity index (χ4n) is 2.37. The average Bonchev–Trinajstić information content (AvgIpc) is 2.69. The number of hydrogen-bond acceptors (Lipinski definition) is 4. The zero-order valence-corrected chi connectivity index (χ0v) is 15.9. The molecule has 6 heteroatoms. The van der Waals surface area contributed by atoms with Crippen LogP contribution in [0.15, 0.2) is 48.5 Å². The maximum Gasteiger partial charge on any atom is 0.306 e. The molecule has 0 aliphatic carbocycles. The number of Topliss-reactive ketones (excluding diaryl/α,β-unsaturated/α-hetero) is 1. The van der Waals surface area contributed by atoms with Gasteiger partial charge in [-0.2, -0.15) is 0 Å². The topological polar surface area (TPSA) is 72.5 Å². The molecule has 0 spiro atoms. The second-order valence-electron chi connectivity index (χ2n) is 6.00. The van der Waals surface area contributed by atoms with Crippen LogP contribution in [0.5, 0.6) is 0 Å². The van der Waals surface area contributed by atoms with Crippen LogP contribution in [0.4, 0.5) is 0 Å². The molecule has 0 bridgehead atoms. The smallest absolute Gasteiger partial charge is 0.306 e. The van der Waals surface area contributed by atoms with Gasteiger partial charge >= 0.3 is 5.97 Å². The van der Waals surface area contributed by atoms with E-state index >= 15 is 0 Å². The van der Waals surface area contributed by atoms with Gasteiger partial charge in [-0.3, -0.25) is 14.4 Å². The molecule has 2 aromatic rings. The van der Waals surface area contributed by atoms with Crippen LogP contribution in [-0.4, -0.2) is 30.8 Å². The SMILES string of the molecule is CCc1ccc(C(=O)COC(=O)CCCNC(=O)c2ccc(Cl)cc2)cc1. The Morgan fingerprint density at radius 3 is 2.22 bits per heavy atom. The molecule has 0 saturated heterocycles. The average molecular weight is 388 g/mol. The molecule has 142 valence electrons. The largest absolute Gasteiger partial charge is 0.457 e. The molecule has 1 amide bonds. The van der Waals surface area contributed by atoms with E-state index in [2.05, 4.69) is 5.32 Å². The number of carbonyl (C=O) groups is 3. The summed E-state index contributed by atoms with van der Waals surface area (Å²) >= 11 is 5.78. The molecule has 0 heterocycles. The van der Waals surface area contributed by atoms with Gasteiger partial charge in [0.2, 0.25) is 0 Å². The zero-order chi connectivity index (χ0) is 19.6. The van der Waals surface area contributed by atoms with Crippen LogP contribution in [-0.2, 0) is 16.0 Å². The van der Waals surface area contributed by atoms with Crippen molar-refractivity contribution in [2.75, 3.05) is 13.2 Å². The Hall–Kier alpha value is -2.66. The molecule has 2 rings (SSSR count). The molecule has 27 heavy (non-hydrogen) atoms. The Morgan fingerprint density at radius 2 is 1.59 bits per heavy atom. The standard InChI is InChI=1S/C21H22ClNO4/c1-2-15-5-7-16(8-6-15)19(24)14-27-20(25)4-3-13-23-21(26)17-9-11-18(22)12-10-17/h5-12H,2-4,13-14H2,1H3,(H,23,26). The van der Waals surface area contributed by atoms with Crippen LogP contribution in [0.3, 0.4) is 0 Å². The molecule has 1 N–H and O–H groups in total. The first kappa shape index (κ1) is 20.6. The van der Waals surface area contributed by atoms with Crippen LogP contribution in [0.1, 0.15) is 46.0 Å². The first-order chi connectivity index (χ1) is 13.0. The minimum atomic E-state index is -0.464. The maximum atomic E-state index is 12.0. The highest BCUT2D eigenvalue weighted by atomic mass is 35.5. The van der Waals surface area contributed by atoms with E-state index in [1.165, 1.54) is 0 Å². The molecule has 0 saturated carbocycles. The van der Waals surface area contributed by atoms with E-state index in [0.717, 1.165) is 12.0 Å². The van der Waals surface area contributed by atoms with E-state index in [4.69, 9.17) is 16.3 Å². The van der Waals surface area contributed by atoms with Crippen LogP contribution < -0.4 is 5.32 Å². The highest BCUT2D eigenvalue weighted by molar-refractivity contribution is 6.30. The maximum absolute atomic E-state index is 12.0. The van der Waals surface area contributed by atoms with Crippen LogP contribution in [0.25, 0.3) is 0 Å². The van der Waals surface area contributed by atoms with Crippen molar-refractivity contribution in [2.45, 2.75) is 26.2 Å². The van der Waals surface area contributed by atoms with Gasteiger partial charge in [-0.15, -0.1) is 0 Å². The fraction of sp³-hybridized carbons (Fsp3) is 0.286. The number of benzene rings is 2. The Morgan fingerprint density at radius 1 is 0.963 bits per heavy atom. The molecule has 0 aliphatic heterocycles. The van der Waals surface area contributed by atoms with Gasteiger partial charge in [-0.25, -0.2) is 0 Å². The second-order valence-corrected chi connectivity index (χ2v) is 6.44. The third-order valence-electron chi connectivity index (χ3n) is 4.00. The summed E-state index contributed by atoms with van der Waals surface area (Å²) in [5.41, 5.74) is 2.17. The van der Waals surface area contributed by atoms with Gasteiger partial charge in [-0.1, -0.05) is 42.8 Å². The normalized spacial score (nSPS) is 10.3. The zero-order valence-electron chi connectivity index (χ0n) is 15.2. The van der Waals surface area contributed by atoms with Crippen molar-refractivity contribution in [3.05, 3.63) is 70.2 Å². The summed E-state index contributed by atoms with van der Waals surface area (Å²) in [6.07, 6.45) is 1.46. The lowest BCUT2D eigenvalue weighted by molar-refractivity contribution is -0.142. The fourth-order valence-corrected chi connectivity index (χ4v) is 2.49. The predicted molar refractivity (Wildman–Crippen MR) is 104 cm³/mol. The third-order valence-corrected chi connectivity index (χ3v) is 4.25. The van der Waals surface area contributed by atoms with Crippen molar-refractivity contribution in [1.82, 2.24) is 5.32 Å². The predicted octanol–water partition coefficient (Wildman–Crippen LogP) is 3.84. The molecular formula is C21H22ClNO4. The van der Waals surface area contributed by atoms with Crippen LogP contribution in [0, 0.1) is 0 Å². The number of carbonyl (C=O) groups excluding carboxylic acids is 3. The summed E-state index contributed by atoms with van der Waals surface area (Å²) in [4.78, 5) is 35.6. The first-order valence-corrected chi connectivity index (χ1v) is 9.19. The number of ether oxygens (including phenoxy) is 1. The van der Waals surface area contributed by atoms with Crippen molar-refractivity contribution in [3.8, 4) is 0 Å². The molecule has 0 radical (unpaired) electrons. The quantitative estimate of drug-likeness (QED) is 0.403. The Labute approximate surface area is 163 Å². The number of esters is 1. The lowest BCUT2D eigenvalue weighted by atomic mass is 10.1. The molecule has 0 aliphatic rings. The van der Waals surface area contributed by atoms with E-state index in [0.29, 0.717) is 29.1 Å². The van der Waals surface area contributed by atoms with Crippen molar-refractivity contribution in [2.24, 2.45) is 0 Å². The summed E-state index contributed by atoms with van der Waals surface area (Å²) in [5, 5.41) is 3.28. The monoisotopic (exact) mass is 387 g/mol. The summed E-state index contributed by atoms with van der Waals surface area (Å²) in [7, 11) is 0. The summed E-state index contributed by atoms with van der Waals surface area (Å²) < 4.78 is 5.00. The third kappa shape index (κ3) is 6.87. The number of nitrogens with one attached hydrogen (secondary N) is 1. The van der Waals surface area contributed by atoms with Gasteiger partial charge < -0.3 is 10.1 Å². The van der Waals surface area contributed by atoms with Gasteiger partial charge in [0.1, 0.15) is 0 Å². The second kappa shape index (κ2) is 10.5. The van der Waals surface area contributed by atoms with E-state index in [1.54, 1.807) is 36.4 Å². The Kier molecular flexibility index (Phi) is 8.01. The summed E-state index contributed by atoms with van der Waals surface area (Å²) in [6.45, 7) is 2.10. The lowest BCUT2D eigenvalue weighted by Gasteiger charge is -2.07. The highest BCUT2D eigenvalue weighted by Crippen LogP contribution is 2.09. The molecule has 0 atom stereocenters. The number of hydrogen-bond donors (Lipinski definition) is 1. The minimum Gasteiger partial charge on any atom is -0.457 e. The summed E-state index contributed by atoms with van der Waals surface area (Å²) in [5.74, 6) is -0.929. The Bertz CT molecular complexity index is 785. The van der Waals surface area contributed by atoms with Crippen LogP contribution >= 0.6 is 11.6 Å². The number of aryl methyl sites for hydroxylation is 1. The molecule has 2 aromatic carbocycles. The molecule has 0 unspecified atom stereocenters. The van der Waals surface area contributed by atoms with Crippen molar-refractivity contribution in [3.63, 3.8) is 0 Å². The molecule has 0 fully saturated rings. The number of amides is 1. The van der Waals surface area contributed by atoms with Gasteiger partial charge in [-0.05, 0) is 42.7 Å². The highest BCUT2D eigenvalue weighted by Gasteiger charge is 2.10. The van der Waals surface area contributed by atoms with Crippen molar-refractivity contribution < 1.29 is 19.1 Å². The van der Waals surface area contributed by atoms with Crippen LogP contribution in [0.2, 0.25) is 5.02 Å². The lowest BCUT2D eigenvalue weighted by Crippen LogP contribution is -2.25. The van der Waals surface area contributed by atoms with E-state index in [9.17, 15) is 14.4 Å². The van der Waals surface area contributed by atoms with Crippen molar-refractivity contribution >= 4 is 29.3 Å². The minimum absolute atomic E-state index is 0.128. The number of rotatable bonds is 9. The van der Waals surface area contributed by atoms with Gasteiger partial charge in [0.15, 0.2) is 12.4 Å². The van der Waals surface area contributed by atoms with Crippen molar-refractivity contribution in [1.29, 1.82) is 0 Å². The van der Waals surface area contributed by atoms with Gasteiger partial charge in [0.25, 0.3) is 5.91 Å². The molecule has 5 nitrogen and oxygen atoms in total. The molecule has 0 aromatic heterocycles. The van der Waals surface area contributed by atoms with E-state index in [-0.39, 0.29) is 24.7 Å². The summed E-state index contributed by atoms with van der Waals surface area (Å²) in [6, 6.07) is 13.8. The van der Waals surface area contributed by atoms with E-state index in [1.807, 2.05) is 19.1 Å². The van der Waals surface area contributed by atoms with E-state index < -0.39 is 5.97 Å². The van der Waals surface area contributed by atoms with Gasteiger partial charge in [0, 0.05) is 29.1 Å². The van der Waals surface area contributed by atoms with Gasteiger partial charge in [0.05, 0.1) is 0 Å². The molecular weight excluding hydrogens is 366 g/mol. The first-order valence-electron chi connectivity index (χ1n) is 8.81. The number of ketones is 1.